The molecule has 2 aromatic rings. The van der Waals surface area contributed by atoms with Crippen LogP contribution in [0.5, 0.6) is 11.5 Å². The van der Waals surface area contributed by atoms with Gasteiger partial charge in [0.2, 0.25) is 0 Å². The minimum Gasteiger partial charge on any atom is -0.462 e. The number of hydrogen-bond donors (Lipinski definition) is 0. The zero-order chi connectivity index (χ0) is 35.4. The Labute approximate surface area is 309 Å². The second-order valence-corrected chi connectivity index (χ2v) is 14.9. The SMILES string of the molecule is CCC(COC(=O)c1c(Cl)c(Cl)cc(Cl)c1OC(=O)C(=O)Oc1c(Cl)cc(Cl)c(Cl)c1C(=O)OCC(CC)C1CCC1C)C1CCC1C. The van der Waals surface area contributed by atoms with E-state index in [1.807, 2.05) is 13.8 Å². The van der Waals surface area contributed by atoms with Crippen LogP contribution in [0.15, 0.2) is 12.1 Å². The fourth-order valence-electron chi connectivity index (χ4n) is 6.37. The third-order valence-electron chi connectivity index (χ3n) is 9.71. The molecule has 0 aliphatic heterocycles. The number of carbonyl (C=O) groups is 4. The highest BCUT2D eigenvalue weighted by atomic mass is 35.5. The van der Waals surface area contributed by atoms with Gasteiger partial charge < -0.3 is 18.9 Å². The predicted octanol–water partition coefficient (Wildman–Crippen LogP) is 10.6. The summed E-state index contributed by atoms with van der Waals surface area (Å²) in [4.78, 5) is 52.7. The number of esters is 4. The Morgan fingerprint density at radius 3 is 1.25 bits per heavy atom. The van der Waals surface area contributed by atoms with E-state index in [9.17, 15) is 19.2 Å². The summed E-state index contributed by atoms with van der Waals surface area (Å²) in [6, 6.07) is 2.28. The highest BCUT2D eigenvalue weighted by molar-refractivity contribution is 6.47. The van der Waals surface area contributed by atoms with Gasteiger partial charge in [-0.15, -0.1) is 0 Å². The van der Waals surface area contributed by atoms with Gasteiger partial charge >= 0.3 is 23.9 Å². The second-order valence-electron chi connectivity index (χ2n) is 12.5. The lowest BCUT2D eigenvalue weighted by atomic mass is 9.67. The molecule has 6 atom stereocenters. The van der Waals surface area contributed by atoms with Crippen molar-refractivity contribution in [2.24, 2.45) is 35.5 Å². The van der Waals surface area contributed by atoms with Gasteiger partial charge in [0.05, 0.1) is 43.3 Å². The van der Waals surface area contributed by atoms with E-state index in [4.69, 9.17) is 88.6 Å². The number of benzene rings is 2. The highest BCUT2D eigenvalue weighted by Gasteiger charge is 2.37. The van der Waals surface area contributed by atoms with Gasteiger partial charge in [-0.3, -0.25) is 0 Å². The summed E-state index contributed by atoms with van der Waals surface area (Å²) in [7, 11) is 0. The minimum absolute atomic E-state index is 0.0909. The average molecular weight is 785 g/mol. The molecule has 2 aliphatic rings. The summed E-state index contributed by atoms with van der Waals surface area (Å²) in [5.74, 6) is -4.26. The van der Waals surface area contributed by atoms with E-state index in [1.165, 1.54) is 0 Å². The predicted molar refractivity (Wildman–Crippen MR) is 186 cm³/mol. The molecule has 262 valence electrons. The Morgan fingerprint density at radius 1 is 0.625 bits per heavy atom. The van der Waals surface area contributed by atoms with Crippen LogP contribution in [-0.2, 0) is 19.1 Å². The molecule has 0 amide bonds. The largest absolute Gasteiger partial charge is 0.462 e. The van der Waals surface area contributed by atoms with Gasteiger partial charge in [-0.25, -0.2) is 19.2 Å². The van der Waals surface area contributed by atoms with Crippen LogP contribution in [0.2, 0.25) is 30.1 Å². The van der Waals surface area contributed by atoms with Gasteiger partial charge in [0, 0.05) is 0 Å². The van der Waals surface area contributed by atoms with Gasteiger partial charge in [0.15, 0.2) is 11.5 Å². The Bertz CT molecular complexity index is 1460. The fourth-order valence-corrected chi connectivity index (χ4v) is 7.81. The van der Waals surface area contributed by atoms with Crippen molar-refractivity contribution < 1.29 is 38.1 Å². The molecule has 8 nitrogen and oxygen atoms in total. The quantitative estimate of drug-likeness (QED) is 0.0907. The van der Waals surface area contributed by atoms with Gasteiger partial charge in [-0.05, 0) is 73.3 Å². The van der Waals surface area contributed by atoms with Crippen LogP contribution in [0.4, 0.5) is 0 Å². The maximum Gasteiger partial charge on any atom is 0.423 e. The van der Waals surface area contributed by atoms with Crippen molar-refractivity contribution in [1.82, 2.24) is 0 Å². The first-order chi connectivity index (χ1) is 22.7. The van der Waals surface area contributed by atoms with Crippen molar-refractivity contribution in [2.45, 2.75) is 66.2 Å². The van der Waals surface area contributed by atoms with E-state index >= 15 is 0 Å². The molecule has 0 saturated heterocycles. The van der Waals surface area contributed by atoms with Crippen molar-refractivity contribution in [1.29, 1.82) is 0 Å². The normalized spacial score (nSPS) is 21.3. The molecule has 2 saturated carbocycles. The summed E-state index contributed by atoms with van der Waals surface area (Å²) in [6.07, 6.45) is 5.85. The third-order valence-corrected chi connectivity index (χ3v) is 11.8. The van der Waals surface area contributed by atoms with Crippen LogP contribution in [0, 0.1) is 35.5 Å². The number of hydrogen-bond acceptors (Lipinski definition) is 8. The molecule has 6 unspecified atom stereocenters. The molecule has 0 heterocycles. The highest BCUT2D eigenvalue weighted by Crippen LogP contribution is 2.44. The number of rotatable bonds is 12. The molecular formula is C34H36Cl6O8. The number of halogens is 6. The summed E-state index contributed by atoms with van der Waals surface area (Å²) < 4.78 is 21.6. The maximum absolute atomic E-state index is 13.3. The molecule has 0 radical (unpaired) electrons. The lowest BCUT2D eigenvalue weighted by Gasteiger charge is -2.39. The van der Waals surface area contributed by atoms with Gasteiger partial charge in [0.1, 0.15) is 11.1 Å². The second kappa shape index (κ2) is 16.8. The molecule has 4 rings (SSSR count). The molecule has 2 fully saturated rings. The first kappa shape index (κ1) is 38.9. The van der Waals surface area contributed by atoms with Crippen LogP contribution in [0.3, 0.4) is 0 Å². The van der Waals surface area contributed by atoms with E-state index in [1.54, 1.807) is 0 Å². The van der Waals surface area contributed by atoms with Gasteiger partial charge in [0.25, 0.3) is 0 Å². The van der Waals surface area contributed by atoms with E-state index in [0.717, 1.165) is 50.7 Å². The summed E-state index contributed by atoms with van der Waals surface area (Å²) in [5.41, 5.74) is -0.898. The van der Waals surface area contributed by atoms with Crippen LogP contribution in [0.1, 0.15) is 86.9 Å². The summed E-state index contributed by atoms with van der Waals surface area (Å²) in [6.45, 7) is 8.50. The molecule has 14 heteroatoms. The summed E-state index contributed by atoms with van der Waals surface area (Å²) >= 11 is 37.7. The fraction of sp³-hybridized carbons (Fsp3) is 0.529. The summed E-state index contributed by atoms with van der Waals surface area (Å²) in [5, 5.41) is -1.43. The molecule has 0 spiro atoms. The lowest BCUT2D eigenvalue weighted by Crippen LogP contribution is -2.33. The maximum atomic E-state index is 13.3. The van der Waals surface area contributed by atoms with Gasteiger partial charge in [-0.1, -0.05) is 110 Å². The van der Waals surface area contributed by atoms with Crippen LogP contribution >= 0.6 is 69.6 Å². The smallest absolute Gasteiger partial charge is 0.423 e. The van der Waals surface area contributed by atoms with Crippen LogP contribution in [-0.4, -0.2) is 37.1 Å². The van der Waals surface area contributed by atoms with Crippen molar-refractivity contribution in [2.75, 3.05) is 13.2 Å². The zero-order valence-electron chi connectivity index (χ0n) is 26.8. The van der Waals surface area contributed by atoms with Crippen molar-refractivity contribution >= 4 is 93.5 Å². The number of ether oxygens (including phenoxy) is 4. The molecule has 2 aliphatic carbocycles. The van der Waals surface area contributed by atoms with E-state index in [2.05, 4.69) is 13.8 Å². The number of carbonyl (C=O) groups excluding carboxylic acids is 4. The van der Waals surface area contributed by atoms with E-state index in [-0.39, 0.29) is 55.2 Å². The molecule has 0 aromatic heterocycles. The first-order valence-corrected chi connectivity index (χ1v) is 18.1. The minimum atomic E-state index is -1.63. The molecule has 0 bridgehead atoms. The monoisotopic (exact) mass is 782 g/mol. The van der Waals surface area contributed by atoms with E-state index < -0.39 is 46.5 Å². The third kappa shape index (κ3) is 8.50. The first-order valence-electron chi connectivity index (χ1n) is 15.8. The average Bonchev–Trinajstić information content (AvgIpc) is 3.04. The van der Waals surface area contributed by atoms with Gasteiger partial charge in [-0.2, -0.15) is 0 Å². The van der Waals surface area contributed by atoms with Crippen LogP contribution in [0.25, 0.3) is 0 Å². The van der Waals surface area contributed by atoms with Crippen molar-refractivity contribution in [3.63, 3.8) is 0 Å². The molecule has 48 heavy (non-hydrogen) atoms. The molecular weight excluding hydrogens is 749 g/mol. The standard InChI is InChI=1S/C34H36Cl6O8/c1-5-17(19-9-7-15(19)3)13-45-31(41)25-27(39)21(35)11-23(37)29(25)47-33(43)34(44)48-30-24(38)12-22(36)28(40)26(30)32(42)46-14-18(6-2)20-10-8-16(20)4/h11-12,15-20H,5-10,13-14H2,1-4H3. The lowest BCUT2D eigenvalue weighted by molar-refractivity contribution is -0.156. The molecule has 2 aromatic carbocycles. The Morgan fingerprint density at radius 2 is 0.979 bits per heavy atom. The van der Waals surface area contributed by atoms with E-state index in [0.29, 0.717) is 23.7 Å². The molecule has 0 N–H and O–H groups in total. The topological polar surface area (TPSA) is 105 Å². The van der Waals surface area contributed by atoms with Crippen molar-refractivity contribution in [3.8, 4) is 11.5 Å². The Hall–Kier alpha value is -1.94. The zero-order valence-corrected chi connectivity index (χ0v) is 31.3. The Balaban J connectivity index is 1.53. The van der Waals surface area contributed by atoms with Crippen molar-refractivity contribution in [3.05, 3.63) is 53.4 Å². The Kier molecular flexibility index (Phi) is 13.6. The van der Waals surface area contributed by atoms with Crippen LogP contribution < -0.4 is 9.47 Å².